The molecule has 0 saturated carbocycles. The second-order valence-electron chi connectivity index (χ2n) is 6.82. The molecule has 2 rings (SSSR count). The van der Waals surface area contributed by atoms with Gasteiger partial charge in [0.1, 0.15) is 17.0 Å². The van der Waals surface area contributed by atoms with Crippen LogP contribution in [-0.2, 0) is 11.3 Å². The average molecular weight is 373 g/mol. The van der Waals surface area contributed by atoms with Crippen LogP contribution in [-0.4, -0.2) is 23.7 Å². The van der Waals surface area contributed by atoms with Crippen LogP contribution in [0.15, 0.2) is 42.5 Å². The summed E-state index contributed by atoms with van der Waals surface area (Å²) >= 11 is 0. The number of carbonyl (C=O) groups excluding carboxylic acids is 1. The summed E-state index contributed by atoms with van der Waals surface area (Å²) in [4.78, 5) is 22.6. The highest BCUT2D eigenvalue weighted by atomic mass is 16.6. The number of carbonyl (C=O) groups is 1. The van der Waals surface area contributed by atoms with E-state index in [1.807, 2.05) is 6.07 Å². The monoisotopic (exact) mass is 373 g/mol. The lowest BCUT2D eigenvalue weighted by Gasteiger charge is -2.19. The number of hydrogen-bond donors (Lipinski definition) is 2. The van der Waals surface area contributed by atoms with E-state index in [4.69, 9.17) is 9.47 Å². The molecule has 0 aliphatic heterocycles. The minimum Gasteiger partial charge on any atom is -0.496 e. The van der Waals surface area contributed by atoms with Gasteiger partial charge in [0, 0.05) is 12.2 Å². The summed E-state index contributed by atoms with van der Waals surface area (Å²) in [5, 5.41) is 17.0. The first-order valence-corrected chi connectivity index (χ1v) is 8.33. The largest absolute Gasteiger partial charge is 0.496 e. The zero-order valence-electron chi connectivity index (χ0n) is 15.7. The lowest BCUT2D eigenvalue weighted by molar-refractivity contribution is -0.384. The molecule has 0 radical (unpaired) electrons. The average Bonchev–Trinajstić information content (AvgIpc) is 2.59. The molecule has 0 heterocycles. The molecule has 8 nitrogen and oxygen atoms in total. The first kappa shape index (κ1) is 20.0. The maximum absolute atomic E-state index is 11.8. The molecule has 2 N–H and O–H groups in total. The predicted molar refractivity (Wildman–Crippen MR) is 102 cm³/mol. The van der Waals surface area contributed by atoms with Crippen LogP contribution >= 0.6 is 0 Å². The number of hydrogen-bond acceptors (Lipinski definition) is 6. The molecular weight excluding hydrogens is 350 g/mol. The Balaban J connectivity index is 2.10. The van der Waals surface area contributed by atoms with E-state index < -0.39 is 16.6 Å². The number of amides is 1. The summed E-state index contributed by atoms with van der Waals surface area (Å²) in [6.45, 7) is 5.64. The summed E-state index contributed by atoms with van der Waals surface area (Å²) in [7, 11) is 1.45. The smallest absolute Gasteiger partial charge is 0.407 e. The van der Waals surface area contributed by atoms with Crippen LogP contribution in [0.3, 0.4) is 0 Å². The third-order valence-electron chi connectivity index (χ3n) is 3.44. The Morgan fingerprint density at radius 1 is 1.19 bits per heavy atom. The van der Waals surface area contributed by atoms with Gasteiger partial charge in [0.05, 0.1) is 18.1 Å². The Hall–Kier alpha value is -3.29. The van der Waals surface area contributed by atoms with Crippen LogP contribution in [0.5, 0.6) is 5.75 Å². The first-order valence-electron chi connectivity index (χ1n) is 8.33. The standard InChI is InChI=1S/C19H23N3O5/c1-19(2,3)27-18(23)20-12-13-6-5-7-14(10-13)21-16-9-8-15(26-4)11-17(16)22(24)25/h5-11,21H,12H2,1-4H3,(H,20,23). The number of nitrogens with zero attached hydrogens (tertiary/aromatic N) is 1. The highest BCUT2D eigenvalue weighted by molar-refractivity contribution is 5.71. The van der Waals surface area contributed by atoms with Crippen molar-refractivity contribution in [3.63, 3.8) is 0 Å². The van der Waals surface area contributed by atoms with Gasteiger partial charge < -0.3 is 20.1 Å². The van der Waals surface area contributed by atoms with Gasteiger partial charge in [-0.3, -0.25) is 10.1 Å². The third kappa shape index (κ3) is 6.18. The molecule has 0 unspecified atom stereocenters. The van der Waals surface area contributed by atoms with E-state index in [2.05, 4.69) is 10.6 Å². The maximum atomic E-state index is 11.8. The van der Waals surface area contributed by atoms with Gasteiger partial charge in [0.2, 0.25) is 0 Å². The van der Waals surface area contributed by atoms with Crippen LogP contribution in [0, 0.1) is 10.1 Å². The Bertz CT molecular complexity index is 830. The lowest BCUT2D eigenvalue weighted by Crippen LogP contribution is -2.32. The van der Waals surface area contributed by atoms with Gasteiger partial charge in [-0.25, -0.2) is 4.79 Å². The van der Waals surface area contributed by atoms with Crippen LogP contribution in [0.25, 0.3) is 0 Å². The second kappa shape index (κ2) is 8.39. The van der Waals surface area contributed by atoms with E-state index in [-0.39, 0.29) is 12.2 Å². The van der Waals surface area contributed by atoms with Crippen molar-refractivity contribution in [3.8, 4) is 5.75 Å². The maximum Gasteiger partial charge on any atom is 0.407 e. The number of anilines is 2. The number of nitro groups is 1. The van der Waals surface area contributed by atoms with E-state index in [1.54, 1.807) is 51.1 Å². The molecule has 0 aromatic heterocycles. The summed E-state index contributed by atoms with van der Waals surface area (Å²) in [5.74, 6) is 0.405. The number of nitrogens with one attached hydrogen (secondary N) is 2. The summed E-state index contributed by atoms with van der Waals surface area (Å²) in [5.41, 5.74) is 1.17. The molecule has 144 valence electrons. The number of alkyl carbamates (subject to hydrolysis) is 1. The topological polar surface area (TPSA) is 103 Å². The molecule has 0 atom stereocenters. The number of nitro benzene ring substituents is 1. The molecule has 0 bridgehead atoms. The summed E-state index contributed by atoms with van der Waals surface area (Å²) < 4.78 is 10.2. The number of rotatable bonds is 6. The van der Waals surface area contributed by atoms with Crippen molar-refractivity contribution in [1.82, 2.24) is 5.32 Å². The van der Waals surface area contributed by atoms with Crippen molar-refractivity contribution in [1.29, 1.82) is 0 Å². The van der Waals surface area contributed by atoms with E-state index in [0.717, 1.165) is 5.56 Å². The highest BCUT2D eigenvalue weighted by Gasteiger charge is 2.17. The molecule has 0 aliphatic carbocycles. The van der Waals surface area contributed by atoms with Gasteiger partial charge in [-0.2, -0.15) is 0 Å². The van der Waals surface area contributed by atoms with Crippen molar-refractivity contribution in [2.24, 2.45) is 0 Å². The minimum atomic E-state index is -0.569. The quantitative estimate of drug-likeness (QED) is 0.576. The molecule has 0 aliphatic rings. The van der Waals surface area contributed by atoms with E-state index in [1.165, 1.54) is 13.2 Å². The molecule has 8 heteroatoms. The fourth-order valence-corrected chi connectivity index (χ4v) is 2.30. The Morgan fingerprint density at radius 3 is 2.56 bits per heavy atom. The molecule has 1 amide bonds. The fourth-order valence-electron chi connectivity index (χ4n) is 2.30. The fraction of sp³-hybridized carbons (Fsp3) is 0.316. The Morgan fingerprint density at radius 2 is 1.93 bits per heavy atom. The number of ether oxygens (including phenoxy) is 2. The molecule has 2 aromatic carbocycles. The van der Waals surface area contributed by atoms with Crippen molar-refractivity contribution in [3.05, 3.63) is 58.1 Å². The van der Waals surface area contributed by atoms with Crippen molar-refractivity contribution < 1.29 is 19.2 Å². The molecule has 0 saturated heterocycles. The van der Waals surface area contributed by atoms with Crippen LogP contribution in [0.2, 0.25) is 0 Å². The van der Waals surface area contributed by atoms with E-state index in [0.29, 0.717) is 17.1 Å². The number of methoxy groups -OCH3 is 1. The molecule has 0 fully saturated rings. The van der Waals surface area contributed by atoms with Crippen LogP contribution in [0.4, 0.5) is 21.9 Å². The van der Waals surface area contributed by atoms with Crippen molar-refractivity contribution in [2.45, 2.75) is 32.9 Å². The minimum absolute atomic E-state index is 0.0911. The van der Waals surface area contributed by atoms with Crippen LogP contribution in [0.1, 0.15) is 26.3 Å². The van der Waals surface area contributed by atoms with Gasteiger partial charge in [0.25, 0.3) is 5.69 Å². The van der Waals surface area contributed by atoms with Crippen molar-refractivity contribution >= 4 is 23.2 Å². The summed E-state index contributed by atoms with van der Waals surface area (Å²) in [6, 6.07) is 11.8. The third-order valence-corrected chi connectivity index (χ3v) is 3.44. The lowest BCUT2D eigenvalue weighted by atomic mass is 10.2. The molecule has 2 aromatic rings. The van der Waals surface area contributed by atoms with E-state index >= 15 is 0 Å². The van der Waals surface area contributed by atoms with Gasteiger partial charge >= 0.3 is 6.09 Å². The molecule has 27 heavy (non-hydrogen) atoms. The highest BCUT2D eigenvalue weighted by Crippen LogP contribution is 2.31. The molecular formula is C19H23N3O5. The van der Waals surface area contributed by atoms with Crippen LogP contribution < -0.4 is 15.4 Å². The Kier molecular flexibility index (Phi) is 6.23. The second-order valence-corrected chi connectivity index (χ2v) is 6.82. The normalized spacial score (nSPS) is 10.8. The first-order chi connectivity index (χ1) is 12.7. The van der Waals surface area contributed by atoms with Gasteiger partial charge in [-0.15, -0.1) is 0 Å². The summed E-state index contributed by atoms with van der Waals surface area (Å²) in [6.07, 6.45) is -0.508. The van der Waals surface area contributed by atoms with Gasteiger partial charge in [0.15, 0.2) is 0 Å². The molecule has 0 spiro atoms. The Labute approximate surface area is 157 Å². The number of benzene rings is 2. The predicted octanol–water partition coefficient (Wildman–Crippen LogP) is 4.37. The zero-order valence-corrected chi connectivity index (χ0v) is 15.7. The SMILES string of the molecule is COc1ccc(Nc2cccc(CNC(=O)OC(C)(C)C)c2)c([N+](=O)[O-])c1. The van der Waals surface area contributed by atoms with Gasteiger partial charge in [-0.05, 0) is 50.6 Å². The zero-order chi connectivity index (χ0) is 20.0. The van der Waals surface area contributed by atoms with E-state index in [9.17, 15) is 14.9 Å². The van der Waals surface area contributed by atoms with Gasteiger partial charge in [-0.1, -0.05) is 12.1 Å². The van der Waals surface area contributed by atoms with Crippen molar-refractivity contribution in [2.75, 3.05) is 12.4 Å².